The van der Waals surface area contributed by atoms with Gasteiger partial charge in [-0.25, -0.2) is 4.79 Å². The van der Waals surface area contributed by atoms with Gasteiger partial charge in [0.1, 0.15) is 11.4 Å². The lowest BCUT2D eigenvalue weighted by atomic mass is 10.1. The van der Waals surface area contributed by atoms with Gasteiger partial charge in [-0.3, -0.25) is 14.9 Å². The number of esters is 1. The van der Waals surface area contributed by atoms with Gasteiger partial charge in [0.2, 0.25) is 5.78 Å². The second-order valence-electron chi connectivity index (χ2n) is 6.22. The van der Waals surface area contributed by atoms with Crippen LogP contribution in [-0.4, -0.2) is 43.5 Å². The highest BCUT2D eigenvalue weighted by atomic mass is 16.6. The lowest BCUT2D eigenvalue weighted by Crippen LogP contribution is -2.24. The third-order valence-corrected chi connectivity index (χ3v) is 3.99. The standard InChI is InChI=1S/C20H22N2O6/c1-5-27-16-9-6-14(7-10-16)19(23)13(2)28-20(24)15-8-11-17(21(3)4)18(12-15)22(25)26/h6-13H,5H2,1-4H3/t13-/m0/s1. The van der Waals surface area contributed by atoms with E-state index < -0.39 is 17.0 Å². The van der Waals surface area contributed by atoms with Crippen LogP contribution in [0.25, 0.3) is 0 Å². The predicted molar refractivity (Wildman–Crippen MR) is 104 cm³/mol. The van der Waals surface area contributed by atoms with Crippen molar-refractivity contribution in [1.29, 1.82) is 0 Å². The maximum atomic E-state index is 12.5. The van der Waals surface area contributed by atoms with Gasteiger partial charge in [0.25, 0.3) is 5.69 Å². The number of hydrogen-bond donors (Lipinski definition) is 0. The fourth-order valence-electron chi connectivity index (χ4n) is 2.57. The molecular weight excluding hydrogens is 364 g/mol. The van der Waals surface area contributed by atoms with E-state index in [9.17, 15) is 19.7 Å². The summed E-state index contributed by atoms with van der Waals surface area (Å²) < 4.78 is 10.5. The van der Waals surface area contributed by atoms with Crippen LogP contribution in [0.15, 0.2) is 42.5 Å². The molecule has 0 unspecified atom stereocenters. The molecular formula is C20H22N2O6. The van der Waals surface area contributed by atoms with Gasteiger partial charge < -0.3 is 14.4 Å². The average Bonchev–Trinajstić information content (AvgIpc) is 2.67. The van der Waals surface area contributed by atoms with Crippen molar-refractivity contribution in [2.75, 3.05) is 25.6 Å². The molecule has 148 valence electrons. The molecule has 8 nitrogen and oxygen atoms in total. The van der Waals surface area contributed by atoms with E-state index in [4.69, 9.17) is 9.47 Å². The van der Waals surface area contributed by atoms with Gasteiger partial charge in [-0.15, -0.1) is 0 Å². The monoisotopic (exact) mass is 386 g/mol. The molecule has 2 aromatic rings. The minimum absolute atomic E-state index is 0.00337. The topological polar surface area (TPSA) is 99.0 Å². The first-order chi connectivity index (χ1) is 13.2. The van der Waals surface area contributed by atoms with Gasteiger partial charge in [0.05, 0.1) is 17.1 Å². The number of ketones is 1. The Bertz CT molecular complexity index is 877. The smallest absolute Gasteiger partial charge is 0.339 e. The summed E-state index contributed by atoms with van der Waals surface area (Å²) in [5.74, 6) is -0.548. The summed E-state index contributed by atoms with van der Waals surface area (Å²) in [6, 6.07) is 10.5. The molecule has 0 bridgehead atoms. The normalized spacial score (nSPS) is 11.4. The maximum Gasteiger partial charge on any atom is 0.339 e. The number of rotatable bonds is 8. The lowest BCUT2D eigenvalue weighted by molar-refractivity contribution is -0.384. The van der Waals surface area contributed by atoms with Gasteiger partial charge in [-0.05, 0) is 50.2 Å². The Labute approximate surface area is 162 Å². The number of benzene rings is 2. The van der Waals surface area contributed by atoms with E-state index in [-0.39, 0.29) is 17.0 Å². The number of hydrogen-bond acceptors (Lipinski definition) is 7. The largest absolute Gasteiger partial charge is 0.494 e. The van der Waals surface area contributed by atoms with Crippen molar-refractivity contribution in [2.45, 2.75) is 20.0 Å². The first kappa shape index (κ1) is 20.9. The van der Waals surface area contributed by atoms with Crippen molar-refractivity contribution < 1.29 is 24.0 Å². The highest BCUT2D eigenvalue weighted by molar-refractivity contribution is 6.01. The number of nitro groups is 1. The fraction of sp³-hybridized carbons (Fsp3) is 0.300. The third kappa shape index (κ3) is 4.85. The Kier molecular flexibility index (Phi) is 6.70. The summed E-state index contributed by atoms with van der Waals surface area (Å²) in [5, 5.41) is 11.3. The second kappa shape index (κ2) is 8.98. The van der Waals surface area contributed by atoms with Gasteiger partial charge in [-0.2, -0.15) is 0 Å². The van der Waals surface area contributed by atoms with Crippen LogP contribution < -0.4 is 9.64 Å². The Morgan fingerprint density at radius 3 is 2.25 bits per heavy atom. The number of nitrogens with zero attached hydrogens (tertiary/aromatic N) is 2. The average molecular weight is 386 g/mol. The first-order valence-electron chi connectivity index (χ1n) is 8.68. The third-order valence-electron chi connectivity index (χ3n) is 3.99. The Hall–Kier alpha value is -3.42. The molecule has 1 atom stereocenters. The van der Waals surface area contributed by atoms with Crippen molar-refractivity contribution in [3.05, 3.63) is 63.7 Å². The highest BCUT2D eigenvalue weighted by Gasteiger charge is 2.23. The zero-order chi connectivity index (χ0) is 20.8. The van der Waals surface area contributed by atoms with Gasteiger partial charge in [-0.1, -0.05) is 0 Å². The van der Waals surface area contributed by atoms with Crippen LogP contribution in [0.2, 0.25) is 0 Å². The summed E-state index contributed by atoms with van der Waals surface area (Å²) in [7, 11) is 3.33. The van der Waals surface area contributed by atoms with Gasteiger partial charge in [0, 0.05) is 25.7 Å². The van der Waals surface area contributed by atoms with Crippen LogP contribution in [0.4, 0.5) is 11.4 Å². The van der Waals surface area contributed by atoms with E-state index in [2.05, 4.69) is 0 Å². The Morgan fingerprint density at radius 2 is 1.71 bits per heavy atom. The van der Waals surface area contributed by atoms with Crippen molar-refractivity contribution in [3.63, 3.8) is 0 Å². The Morgan fingerprint density at radius 1 is 1.11 bits per heavy atom. The van der Waals surface area contributed by atoms with Crippen LogP contribution >= 0.6 is 0 Å². The fourth-order valence-corrected chi connectivity index (χ4v) is 2.57. The molecule has 0 amide bonds. The van der Waals surface area contributed by atoms with Crippen molar-refractivity contribution in [3.8, 4) is 5.75 Å². The number of carbonyl (C=O) groups is 2. The lowest BCUT2D eigenvalue weighted by Gasteiger charge is -2.15. The molecule has 0 saturated carbocycles. The molecule has 0 aliphatic rings. The minimum atomic E-state index is -1.04. The first-order valence-corrected chi connectivity index (χ1v) is 8.68. The number of nitro benzene ring substituents is 1. The molecule has 28 heavy (non-hydrogen) atoms. The van der Waals surface area contributed by atoms with E-state index >= 15 is 0 Å². The number of anilines is 1. The van der Waals surface area contributed by atoms with Gasteiger partial charge in [0.15, 0.2) is 6.10 Å². The summed E-state index contributed by atoms with van der Waals surface area (Å²) in [6.45, 7) is 3.83. The SMILES string of the molecule is CCOc1ccc(C(=O)[C@H](C)OC(=O)c2ccc(N(C)C)c([N+](=O)[O-])c2)cc1. The molecule has 2 aromatic carbocycles. The van der Waals surface area contributed by atoms with E-state index in [1.807, 2.05) is 6.92 Å². The van der Waals surface area contributed by atoms with Crippen LogP contribution in [0.3, 0.4) is 0 Å². The van der Waals surface area contributed by atoms with E-state index in [1.165, 1.54) is 19.1 Å². The summed E-state index contributed by atoms with van der Waals surface area (Å²) in [4.78, 5) is 37.1. The van der Waals surface area contributed by atoms with Crippen molar-refractivity contribution in [2.24, 2.45) is 0 Å². The molecule has 0 saturated heterocycles. The molecule has 0 heterocycles. The molecule has 2 rings (SSSR count). The molecule has 0 radical (unpaired) electrons. The molecule has 8 heteroatoms. The van der Waals surface area contributed by atoms with Crippen molar-refractivity contribution in [1.82, 2.24) is 0 Å². The van der Waals surface area contributed by atoms with Crippen molar-refractivity contribution >= 4 is 23.1 Å². The molecule has 0 aliphatic heterocycles. The Balaban J connectivity index is 2.14. The van der Waals surface area contributed by atoms with Crippen LogP contribution in [0, 0.1) is 10.1 Å². The molecule has 0 N–H and O–H groups in total. The van der Waals surface area contributed by atoms with Crippen LogP contribution in [0.1, 0.15) is 34.6 Å². The summed E-state index contributed by atoms with van der Waals surface area (Å²) in [6.07, 6.45) is -1.04. The second-order valence-corrected chi connectivity index (χ2v) is 6.22. The number of ether oxygens (including phenoxy) is 2. The van der Waals surface area contributed by atoms with E-state index in [1.54, 1.807) is 43.3 Å². The quantitative estimate of drug-likeness (QED) is 0.296. The zero-order valence-electron chi connectivity index (χ0n) is 16.2. The summed E-state index contributed by atoms with van der Waals surface area (Å²) >= 11 is 0. The van der Waals surface area contributed by atoms with Crippen LogP contribution in [0.5, 0.6) is 5.75 Å². The zero-order valence-corrected chi connectivity index (χ0v) is 16.2. The summed E-state index contributed by atoms with van der Waals surface area (Å²) in [5.41, 5.74) is 0.520. The van der Waals surface area contributed by atoms with E-state index in [0.717, 1.165) is 6.07 Å². The number of carbonyl (C=O) groups excluding carboxylic acids is 2. The number of Topliss-reactive ketones (excluding diaryl/α,β-unsaturated/α-hetero) is 1. The molecule has 0 aliphatic carbocycles. The predicted octanol–water partition coefficient (Wildman–Crippen LogP) is 3.49. The highest BCUT2D eigenvalue weighted by Crippen LogP contribution is 2.28. The minimum Gasteiger partial charge on any atom is -0.494 e. The van der Waals surface area contributed by atoms with Gasteiger partial charge >= 0.3 is 5.97 Å². The van der Waals surface area contributed by atoms with Crippen LogP contribution in [-0.2, 0) is 4.74 Å². The molecule has 0 spiro atoms. The maximum absolute atomic E-state index is 12.5. The molecule has 0 fully saturated rings. The van der Waals surface area contributed by atoms with E-state index in [0.29, 0.717) is 23.6 Å². The molecule has 0 aromatic heterocycles.